The largest absolute Gasteiger partial charge is 0.496 e. The maximum Gasteiger partial charge on any atom is 0.335 e. The Labute approximate surface area is 169 Å². The number of aromatic carboxylic acids is 1. The molecule has 0 unspecified atom stereocenters. The van der Waals surface area contributed by atoms with E-state index in [0.29, 0.717) is 17.3 Å². The molecule has 0 spiro atoms. The summed E-state index contributed by atoms with van der Waals surface area (Å²) < 4.78 is 11.1. The van der Waals surface area contributed by atoms with Crippen LogP contribution in [0.25, 0.3) is 22.8 Å². The van der Waals surface area contributed by atoms with Crippen LogP contribution < -0.4 is 4.74 Å². The summed E-state index contributed by atoms with van der Waals surface area (Å²) in [5, 5.41) is 13.2. The number of nitrogens with zero attached hydrogens (tertiary/aromatic N) is 2. The Morgan fingerprint density at radius 3 is 2.41 bits per heavy atom. The second-order valence-corrected chi connectivity index (χ2v) is 7.84. The number of ether oxygens (including phenoxy) is 1. The minimum absolute atomic E-state index is 0.0822. The molecule has 2 aromatic carbocycles. The average molecular weight is 392 g/mol. The molecule has 0 aliphatic heterocycles. The third-order valence-electron chi connectivity index (χ3n) is 5.87. The molecule has 1 heterocycles. The zero-order chi connectivity index (χ0) is 20.4. The van der Waals surface area contributed by atoms with Crippen molar-refractivity contribution in [2.45, 2.75) is 44.4 Å². The Bertz CT molecular complexity index is 1020. The fourth-order valence-corrected chi connectivity index (χ4v) is 4.13. The van der Waals surface area contributed by atoms with Gasteiger partial charge in [0.05, 0.1) is 12.7 Å². The van der Waals surface area contributed by atoms with Gasteiger partial charge in [0.15, 0.2) is 0 Å². The number of benzene rings is 2. The first kappa shape index (κ1) is 19.2. The first-order valence-corrected chi connectivity index (χ1v) is 9.86. The summed E-state index contributed by atoms with van der Waals surface area (Å²) in [5.74, 6) is 0.791. The van der Waals surface area contributed by atoms with Crippen molar-refractivity contribution in [2.75, 3.05) is 7.11 Å². The molecule has 6 nitrogen and oxygen atoms in total. The van der Waals surface area contributed by atoms with Crippen LogP contribution >= 0.6 is 0 Å². The van der Waals surface area contributed by atoms with Gasteiger partial charge in [-0.15, -0.1) is 0 Å². The number of aromatic nitrogens is 2. The molecule has 1 saturated carbocycles. The van der Waals surface area contributed by atoms with E-state index in [9.17, 15) is 4.79 Å². The number of hydrogen-bond donors (Lipinski definition) is 1. The highest BCUT2D eigenvalue weighted by atomic mass is 16.5. The van der Waals surface area contributed by atoms with Gasteiger partial charge >= 0.3 is 5.97 Å². The van der Waals surface area contributed by atoms with E-state index in [1.807, 2.05) is 12.1 Å². The highest BCUT2D eigenvalue weighted by Gasteiger charge is 2.32. The van der Waals surface area contributed by atoms with Gasteiger partial charge < -0.3 is 14.4 Å². The number of carboxylic acid groups (broad SMARTS) is 1. The first-order valence-electron chi connectivity index (χ1n) is 9.86. The molecule has 0 radical (unpaired) electrons. The fourth-order valence-electron chi connectivity index (χ4n) is 4.13. The molecule has 6 heteroatoms. The van der Waals surface area contributed by atoms with E-state index in [1.54, 1.807) is 19.2 Å². The van der Waals surface area contributed by atoms with Crippen LogP contribution in [-0.2, 0) is 5.41 Å². The van der Waals surface area contributed by atoms with Gasteiger partial charge in [0.1, 0.15) is 5.75 Å². The molecule has 1 N–H and O–H groups in total. The topological polar surface area (TPSA) is 85.5 Å². The number of hydrogen-bond acceptors (Lipinski definition) is 5. The molecule has 4 rings (SSSR count). The van der Waals surface area contributed by atoms with E-state index in [0.717, 1.165) is 24.2 Å². The third-order valence-corrected chi connectivity index (χ3v) is 5.87. The van der Waals surface area contributed by atoms with Crippen molar-refractivity contribution in [3.63, 3.8) is 0 Å². The van der Waals surface area contributed by atoms with E-state index in [2.05, 4.69) is 23.1 Å². The van der Waals surface area contributed by atoms with Crippen LogP contribution in [0.5, 0.6) is 5.75 Å². The van der Waals surface area contributed by atoms with E-state index < -0.39 is 5.97 Å². The zero-order valence-electron chi connectivity index (χ0n) is 16.6. The van der Waals surface area contributed by atoms with Crippen LogP contribution in [0.1, 0.15) is 54.9 Å². The monoisotopic (exact) mass is 392 g/mol. The predicted molar refractivity (Wildman–Crippen MR) is 109 cm³/mol. The number of rotatable bonds is 5. The van der Waals surface area contributed by atoms with E-state index in [-0.39, 0.29) is 11.0 Å². The molecule has 1 aromatic heterocycles. The Morgan fingerprint density at radius 1 is 1.07 bits per heavy atom. The highest BCUT2D eigenvalue weighted by Crippen LogP contribution is 2.44. The van der Waals surface area contributed by atoms with Crippen LogP contribution in [0.15, 0.2) is 47.0 Å². The molecule has 0 atom stereocenters. The zero-order valence-corrected chi connectivity index (χ0v) is 16.6. The number of carbonyl (C=O) groups is 1. The van der Waals surface area contributed by atoms with Crippen LogP contribution in [0.4, 0.5) is 0 Å². The van der Waals surface area contributed by atoms with Gasteiger partial charge in [0.2, 0.25) is 5.82 Å². The quantitative estimate of drug-likeness (QED) is 0.631. The SMILES string of the molecule is COc1ccc(-c2noc(-c3ccc(C(=O)O)cc3)n2)cc1C1(C)CCCCC1. The lowest BCUT2D eigenvalue weighted by molar-refractivity contribution is 0.0697. The summed E-state index contributed by atoms with van der Waals surface area (Å²) >= 11 is 0. The number of carboxylic acids is 1. The summed E-state index contributed by atoms with van der Waals surface area (Å²) in [5.41, 5.74) is 3.05. The van der Waals surface area contributed by atoms with Crippen molar-refractivity contribution in [3.8, 4) is 28.6 Å². The fraction of sp³-hybridized carbons (Fsp3) is 0.348. The Kier molecular flexibility index (Phi) is 5.09. The van der Waals surface area contributed by atoms with Gasteiger partial charge in [0.25, 0.3) is 5.89 Å². The van der Waals surface area contributed by atoms with Gasteiger partial charge in [-0.25, -0.2) is 4.79 Å². The lowest BCUT2D eigenvalue weighted by Gasteiger charge is -2.35. The molecule has 0 amide bonds. The van der Waals surface area contributed by atoms with Crippen LogP contribution in [-0.4, -0.2) is 28.3 Å². The Balaban J connectivity index is 1.67. The molecule has 0 bridgehead atoms. The van der Waals surface area contributed by atoms with Gasteiger partial charge in [-0.05, 0) is 60.7 Å². The molecule has 3 aromatic rings. The molecular weight excluding hydrogens is 368 g/mol. The average Bonchev–Trinajstić information content (AvgIpc) is 3.24. The smallest absolute Gasteiger partial charge is 0.335 e. The summed E-state index contributed by atoms with van der Waals surface area (Å²) in [6, 6.07) is 12.4. The summed E-state index contributed by atoms with van der Waals surface area (Å²) in [7, 11) is 1.71. The van der Waals surface area contributed by atoms with E-state index in [1.165, 1.54) is 37.0 Å². The van der Waals surface area contributed by atoms with E-state index in [4.69, 9.17) is 14.4 Å². The lowest BCUT2D eigenvalue weighted by atomic mass is 9.70. The standard InChI is InChI=1S/C23H24N2O4/c1-23(12-4-3-5-13-23)18-14-17(10-11-19(18)28-2)20-24-21(29-25-20)15-6-8-16(9-7-15)22(26)27/h6-11,14H,3-5,12-13H2,1-2H3,(H,26,27). The van der Waals surface area contributed by atoms with Crippen molar-refractivity contribution >= 4 is 5.97 Å². The van der Waals surface area contributed by atoms with Crippen LogP contribution in [0.2, 0.25) is 0 Å². The minimum atomic E-state index is -0.968. The van der Waals surface area contributed by atoms with E-state index >= 15 is 0 Å². The number of methoxy groups -OCH3 is 1. The minimum Gasteiger partial charge on any atom is -0.496 e. The second-order valence-electron chi connectivity index (χ2n) is 7.84. The van der Waals surface area contributed by atoms with Gasteiger partial charge in [-0.3, -0.25) is 0 Å². The van der Waals surface area contributed by atoms with Crippen molar-refractivity contribution < 1.29 is 19.2 Å². The van der Waals surface area contributed by atoms with Gasteiger partial charge in [0, 0.05) is 16.7 Å². The molecule has 150 valence electrons. The normalized spacial score (nSPS) is 15.8. The molecular formula is C23H24N2O4. The van der Waals surface area contributed by atoms with Crippen LogP contribution in [0.3, 0.4) is 0 Å². The highest BCUT2D eigenvalue weighted by molar-refractivity contribution is 5.88. The molecule has 0 saturated heterocycles. The van der Waals surface area contributed by atoms with Crippen LogP contribution in [0, 0.1) is 0 Å². The summed E-state index contributed by atoms with van der Waals surface area (Å²) in [6.45, 7) is 2.31. The molecule has 1 aliphatic carbocycles. The third kappa shape index (κ3) is 3.75. The maximum absolute atomic E-state index is 11.0. The van der Waals surface area contributed by atoms with Gasteiger partial charge in [-0.1, -0.05) is 31.3 Å². The predicted octanol–water partition coefficient (Wildman–Crippen LogP) is 5.33. The van der Waals surface area contributed by atoms with Crippen molar-refractivity contribution in [2.24, 2.45) is 0 Å². The Morgan fingerprint density at radius 2 is 1.76 bits per heavy atom. The lowest BCUT2D eigenvalue weighted by Crippen LogP contribution is -2.25. The molecule has 1 aliphatic rings. The molecule has 1 fully saturated rings. The van der Waals surface area contributed by atoms with Crippen molar-refractivity contribution in [1.82, 2.24) is 10.1 Å². The molecule has 29 heavy (non-hydrogen) atoms. The van der Waals surface area contributed by atoms with Gasteiger partial charge in [-0.2, -0.15) is 4.98 Å². The van der Waals surface area contributed by atoms with Crippen molar-refractivity contribution in [1.29, 1.82) is 0 Å². The summed E-state index contributed by atoms with van der Waals surface area (Å²) in [4.78, 5) is 15.5. The Hall–Kier alpha value is -3.15. The second kappa shape index (κ2) is 7.70. The van der Waals surface area contributed by atoms with Crippen molar-refractivity contribution in [3.05, 3.63) is 53.6 Å². The first-order chi connectivity index (χ1) is 14.0. The maximum atomic E-state index is 11.0. The summed E-state index contributed by atoms with van der Waals surface area (Å²) in [6.07, 6.45) is 6.01.